The van der Waals surface area contributed by atoms with E-state index in [1.165, 1.54) is 11.1 Å². The van der Waals surface area contributed by atoms with Gasteiger partial charge in [0.15, 0.2) is 0 Å². The highest BCUT2D eigenvalue weighted by Gasteiger charge is 2.06. The Morgan fingerprint density at radius 1 is 0.895 bits per heavy atom. The topological polar surface area (TPSA) is 12.9 Å². The van der Waals surface area contributed by atoms with Gasteiger partial charge in [0, 0.05) is 21.3 Å². The van der Waals surface area contributed by atoms with Gasteiger partial charge in [-0.25, -0.2) is 0 Å². The van der Waals surface area contributed by atoms with E-state index in [0.29, 0.717) is 5.56 Å². The fraction of sp³-hybridized carbons (Fsp3) is 0.167. The standard InChI is InChI=1S/C18H17N/c1-12-4-5-17-15(9-12)6-7-19-18(17)16-10-13(2)8-14(3)11-16/h4-11H,1-3H3/i1D3. The van der Waals surface area contributed by atoms with Crippen LogP contribution >= 0.6 is 0 Å². The van der Waals surface area contributed by atoms with Crippen molar-refractivity contribution in [3.8, 4) is 11.3 Å². The molecule has 0 aliphatic carbocycles. The molecule has 0 saturated heterocycles. The summed E-state index contributed by atoms with van der Waals surface area (Å²) < 4.78 is 22.6. The molecule has 0 N–H and O–H groups in total. The molecule has 1 nitrogen and oxygen atoms in total. The monoisotopic (exact) mass is 250 g/mol. The van der Waals surface area contributed by atoms with E-state index < -0.39 is 6.85 Å². The van der Waals surface area contributed by atoms with Crippen LogP contribution in [0.3, 0.4) is 0 Å². The maximum atomic E-state index is 7.54. The first-order valence-corrected chi connectivity index (χ1v) is 6.32. The van der Waals surface area contributed by atoms with Crippen LogP contribution in [0.5, 0.6) is 0 Å². The Labute approximate surface area is 118 Å². The van der Waals surface area contributed by atoms with E-state index in [0.717, 1.165) is 22.0 Å². The van der Waals surface area contributed by atoms with Crippen LogP contribution in [0.25, 0.3) is 22.0 Å². The van der Waals surface area contributed by atoms with Crippen LogP contribution in [0.2, 0.25) is 0 Å². The van der Waals surface area contributed by atoms with Crippen LogP contribution in [0.4, 0.5) is 0 Å². The summed E-state index contributed by atoms with van der Waals surface area (Å²) in [6, 6.07) is 13.5. The fourth-order valence-electron chi connectivity index (χ4n) is 2.52. The van der Waals surface area contributed by atoms with Crippen molar-refractivity contribution in [2.24, 2.45) is 0 Å². The van der Waals surface area contributed by atoms with E-state index in [9.17, 15) is 0 Å². The highest BCUT2D eigenvalue weighted by atomic mass is 14.7. The minimum atomic E-state index is -2.09. The molecule has 94 valence electrons. The molecule has 0 amide bonds. The summed E-state index contributed by atoms with van der Waals surface area (Å²) in [5.41, 5.74) is 4.68. The summed E-state index contributed by atoms with van der Waals surface area (Å²) in [6.07, 6.45) is 1.73. The Morgan fingerprint density at radius 2 is 1.68 bits per heavy atom. The molecule has 2 aromatic carbocycles. The minimum absolute atomic E-state index is 0.359. The Balaban J connectivity index is 2.23. The molecule has 0 saturated carbocycles. The number of fused-ring (bicyclic) bond motifs is 1. The van der Waals surface area contributed by atoms with E-state index >= 15 is 0 Å². The first kappa shape index (κ1) is 8.87. The molecule has 1 aromatic heterocycles. The lowest BCUT2D eigenvalue weighted by atomic mass is 9.99. The summed E-state index contributed by atoms with van der Waals surface area (Å²) >= 11 is 0. The molecule has 0 atom stereocenters. The van der Waals surface area contributed by atoms with Gasteiger partial charge in [-0.05, 0) is 44.3 Å². The SMILES string of the molecule is [2H]C([2H])([2H])c1ccc2c(-c3cc(C)cc(C)c3)nccc2c1. The third-order valence-corrected chi connectivity index (χ3v) is 3.26. The van der Waals surface area contributed by atoms with Crippen LogP contribution in [-0.2, 0) is 0 Å². The normalized spacial score (nSPS) is 13.9. The lowest BCUT2D eigenvalue weighted by Gasteiger charge is -2.08. The second kappa shape index (κ2) is 4.51. The van der Waals surface area contributed by atoms with Crippen molar-refractivity contribution in [2.75, 3.05) is 0 Å². The lowest BCUT2D eigenvalue weighted by Crippen LogP contribution is -1.88. The van der Waals surface area contributed by atoms with Gasteiger partial charge in [0.25, 0.3) is 0 Å². The molecule has 0 bridgehead atoms. The third-order valence-electron chi connectivity index (χ3n) is 3.26. The number of benzene rings is 2. The Bertz CT molecular complexity index is 830. The Hall–Kier alpha value is -2.15. The van der Waals surface area contributed by atoms with E-state index in [2.05, 4.69) is 37.0 Å². The second-order valence-corrected chi connectivity index (χ2v) is 4.97. The van der Waals surface area contributed by atoms with Crippen molar-refractivity contribution >= 4 is 10.8 Å². The van der Waals surface area contributed by atoms with Crippen molar-refractivity contribution in [2.45, 2.75) is 20.7 Å². The maximum Gasteiger partial charge on any atom is 0.0780 e. The van der Waals surface area contributed by atoms with Gasteiger partial charge < -0.3 is 0 Å². The number of aromatic nitrogens is 1. The molecule has 0 fully saturated rings. The summed E-state index contributed by atoms with van der Waals surface area (Å²) in [7, 11) is 0. The molecule has 19 heavy (non-hydrogen) atoms. The van der Waals surface area contributed by atoms with Gasteiger partial charge in [-0.1, -0.05) is 41.0 Å². The second-order valence-electron chi connectivity index (χ2n) is 4.97. The molecule has 0 unspecified atom stereocenters. The first-order valence-electron chi connectivity index (χ1n) is 7.82. The highest BCUT2D eigenvalue weighted by molar-refractivity contribution is 5.94. The van der Waals surface area contributed by atoms with Crippen molar-refractivity contribution < 1.29 is 4.11 Å². The van der Waals surface area contributed by atoms with Crippen LogP contribution in [0.1, 0.15) is 20.8 Å². The van der Waals surface area contributed by atoms with Gasteiger partial charge in [-0.2, -0.15) is 0 Å². The van der Waals surface area contributed by atoms with Crippen LogP contribution in [0, 0.1) is 20.7 Å². The number of pyridine rings is 1. The van der Waals surface area contributed by atoms with Crippen LogP contribution in [0.15, 0.2) is 48.7 Å². The zero-order valence-corrected chi connectivity index (χ0v) is 11.1. The van der Waals surface area contributed by atoms with Gasteiger partial charge in [-0.15, -0.1) is 0 Å². The average Bonchev–Trinajstić information content (AvgIpc) is 2.44. The van der Waals surface area contributed by atoms with Crippen molar-refractivity contribution in [3.05, 3.63) is 65.4 Å². The van der Waals surface area contributed by atoms with E-state index in [1.54, 1.807) is 18.3 Å². The summed E-state index contributed by atoms with van der Waals surface area (Å²) in [5, 5.41) is 1.87. The predicted octanol–water partition coefficient (Wildman–Crippen LogP) is 4.83. The van der Waals surface area contributed by atoms with Crippen molar-refractivity contribution in [1.29, 1.82) is 0 Å². The molecular weight excluding hydrogens is 230 g/mol. The third kappa shape index (κ3) is 2.24. The number of rotatable bonds is 1. The Kier molecular flexibility index (Phi) is 2.10. The number of aryl methyl sites for hydroxylation is 3. The van der Waals surface area contributed by atoms with E-state index in [4.69, 9.17) is 4.11 Å². The summed E-state index contributed by atoms with van der Waals surface area (Å²) in [6.45, 7) is 2.04. The highest BCUT2D eigenvalue weighted by Crippen LogP contribution is 2.28. The van der Waals surface area contributed by atoms with Crippen LogP contribution < -0.4 is 0 Å². The van der Waals surface area contributed by atoms with E-state index in [-0.39, 0.29) is 0 Å². The summed E-state index contributed by atoms with van der Waals surface area (Å²) in [4.78, 5) is 4.51. The number of nitrogens with zero attached hydrogens (tertiary/aromatic N) is 1. The molecule has 1 heterocycles. The molecule has 1 heteroatoms. The predicted molar refractivity (Wildman–Crippen MR) is 81.4 cm³/mol. The molecule has 0 radical (unpaired) electrons. The maximum absolute atomic E-state index is 7.54. The smallest absolute Gasteiger partial charge is 0.0780 e. The average molecular weight is 250 g/mol. The van der Waals surface area contributed by atoms with Crippen molar-refractivity contribution in [1.82, 2.24) is 4.98 Å². The Morgan fingerprint density at radius 3 is 2.42 bits per heavy atom. The van der Waals surface area contributed by atoms with Gasteiger partial charge in [-0.3, -0.25) is 4.98 Å². The molecule has 3 aromatic rings. The minimum Gasteiger partial charge on any atom is -0.256 e. The quantitative estimate of drug-likeness (QED) is 0.603. The lowest BCUT2D eigenvalue weighted by molar-refractivity contribution is 1.32. The number of hydrogen-bond acceptors (Lipinski definition) is 1. The fourth-order valence-corrected chi connectivity index (χ4v) is 2.52. The van der Waals surface area contributed by atoms with Crippen LogP contribution in [-0.4, -0.2) is 4.98 Å². The molecule has 0 aliphatic rings. The molecule has 0 aliphatic heterocycles. The van der Waals surface area contributed by atoms with Gasteiger partial charge in [0.2, 0.25) is 0 Å². The largest absolute Gasteiger partial charge is 0.256 e. The summed E-state index contributed by atoms with van der Waals surface area (Å²) in [5.74, 6) is 0. The van der Waals surface area contributed by atoms with Gasteiger partial charge in [0.1, 0.15) is 0 Å². The molecule has 0 spiro atoms. The van der Waals surface area contributed by atoms with Gasteiger partial charge >= 0.3 is 0 Å². The first-order chi connectivity index (χ1) is 10.3. The molecular formula is C18H17N. The van der Waals surface area contributed by atoms with Crippen molar-refractivity contribution in [3.63, 3.8) is 0 Å². The molecule has 3 rings (SSSR count). The zero-order chi connectivity index (χ0) is 15.9. The van der Waals surface area contributed by atoms with Gasteiger partial charge in [0.05, 0.1) is 5.69 Å². The zero-order valence-electron chi connectivity index (χ0n) is 14.1. The van der Waals surface area contributed by atoms with E-state index in [1.807, 2.05) is 12.1 Å². The number of hydrogen-bond donors (Lipinski definition) is 0.